The number of benzene rings is 2. The smallest absolute Gasteiger partial charge is 0.326 e. The van der Waals surface area contributed by atoms with Gasteiger partial charge in [0.2, 0.25) is 11.8 Å². The Morgan fingerprint density at radius 3 is 2.53 bits per heavy atom. The van der Waals surface area contributed by atoms with Crippen LogP contribution >= 0.6 is 11.6 Å². The van der Waals surface area contributed by atoms with Gasteiger partial charge < -0.3 is 25.4 Å². The Morgan fingerprint density at radius 2 is 1.85 bits per heavy atom. The summed E-state index contributed by atoms with van der Waals surface area (Å²) < 4.78 is 5.81. The van der Waals surface area contributed by atoms with E-state index in [1.54, 1.807) is 14.0 Å². The first-order valence-corrected chi connectivity index (χ1v) is 11.1. The largest absolute Gasteiger partial charge is 0.491 e. The van der Waals surface area contributed by atoms with E-state index >= 15 is 0 Å². The van der Waals surface area contributed by atoms with Crippen LogP contribution in [0.1, 0.15) is 29.3 Å². The van der Waals surface area contributed by atoms with Crippen molar-refractivity contribution in [1.29, 1.82) is 0 Å². The van der Waals surface area contributed by atoms with Crippen molar-refractivity contribution in [2.24, 2.45) is 0 Å². The van der Waals surface area contributed by atoms with Gasteiger partial charge in [-0.3, -0.25) is 14.4 Å². The molecule has 0 fully saturated rings. The molecule has 0 saturated heterocycles. The molecule has 10 heteroatoms. The minimum absolute atomic E-state index is 0.0272. The number of fused-ring (bicyclic) bond motifs is 1. The zero-order chi connectivity index (χ0) is 24.8. The Hall–Kier alpha value is -3.59. The summed E-state index contributed by atoms with van der Waals surface area (Å²) in [6, 6.07) is 10.7. The maximum Gasteiger partial charge on any atom is 0.326 e. The second kappa shape index (κ2) is 11.0. The lowest BCUT2D eigenvalue weighted by Crippen LogP contribution is -2.53. The van der Waals surface area contributed by atoms with Crippen LogP contribution in [0, 0.1) is 0 Å². The maximum atomic E-state index is 13.3. The molecule has 2 aromatic carbocycles. The molecule has 0 aromatic heterocycles. The quantitative estimate of drug-likeness (QED) is 0.607. The average Bonchev–Trinajstić information content (AvgIpc) is 2.81. The van der Waals surface area contributed by atoms with Gasteiger partial charge in [0.25, 0.3) is 5.91 Å². The first-order chi connectivity index (χ1) is 16.2. The van der Waals surface area contributed by atoms with E-state index in [0.29, 0.717) is 0 Å². The van der Waals surface area contributed by atoms with Crippen LogP contribution < -0.4 is 15.4 Å². The molecule has 0 spiro atoms. The van der Waals surface area contributed by atoms with Crippen molar-refractivity contribution < 1.29 is 29.0 Å². The molecule has 9 nitrogen and oxygen atoms in total. The van der Waals surface area contributed by atoms with Gasteiger partial charge in [-0.15, -0.1) is 0 Å². The number of aliphatic carboxylic acids is 1. The zero-order valence-electron chi connectivity index (χ0n) is 18.8. The molecule has 34 heavy (non-hydrogen) atoms. The normalized spacial score (nSPS) is 22.0. The minimum atomic E-state index is -1.52. The first-order valence-electron chi connectivity index (χ1n) is 10.7. The Kier molecular flexibility index (Phi) is 8.12. The lowest BCUT2D eigenvalue weighted by molar-refractivity contribution is -0.142. The number of carboxylic acid groups (broad SMARTS) is 1. The van der Waals surface area contributed by atoms with E-state index in [1.807, 2.05) is 30.3 Å². The van der Waals surface area contributed by atoms with Gasteiger partial charge in [0.05, 0.1) is 18.0 Å². The third-order valence-corrected chi connectivity index (χ3v) is 5.82. The standard InChI is InChI=1S/C24H26ClN3O6/c1-14-13-34-20-9-8-16(25)11-17(20)22(30)27-19(24(32)33)12-21(29)26-18(23(31)28(14)2)10-15-6-4-3-5-7-15/h3-9,11,14,18-19H,10,12-13H2,1-2H3,(H,26,29)(H,27,30)(H,32,33)/t14-,18+,19+/m1/s1. The molecule has 0 saturated carbocycles. The highest BCUT2D eigenvalue weighted by atomic mass is 35.5. The topological polar surface area (TPSA) is 125 Å². The van der Waals surface area contributed by atoms with Crippen molar-refractivity contribution in [2.45, 2.75) is 37.9 Å². The van der Waals surface area contributed by atoms with Crippen LogP contribution in [0.2, 0.25) is 5.02 Å². The minimum Gasteiger partial charge on any atom is -0.491 e. The maximum absolute atomic E-state index is 13.3. The molecule has 1 aliphatic heterocycles. The second-order valence-corrected chi connectivity index (χ2v) is 8.56. The van der Waals surface area contributed by atoms with Crippen LogP contribution in [-0.2, 0) is 20.8 Å². The highest BCUT2D eigenvalue weighted by Crippen LogP contribution is 2.24. The third-order valence-electron chi connectivity index (χ3n) is 5.58. The molecule has 0 bridgehead atoms. The van der Waals surface area contributed by atoms with Crippen molar-refractivity contribution in [1.82, 2.24) is 15.5 Å². The van der Waals surface area contributed by atoms with Crippen LogP contribution in [0.3, 0.4) is 0 Å². The fourth-order valence-electron chi connectivity index (χ4n) is 3.52. The van der Waals surface area contributed by atoms with Gasteiger partial charge in [-0.25, -0.2) is 4.79 Å². The van der Waals surface area contributed by atoms with E-state index in [-0.39, 0.29) is 35.3 Å². The number of carbonyl (C=O) groups excluding carboxylic acids is 3. The monoisotopic (exact) mass is 487 g/mol. The van der Waals surface area contributed by atoms with Gasteiger partial charge >= 0.3 is 5.97 Å². The van der Waals surface area contributed by atoms with E-state index < -0.39 is 42.3 Å². The van der Waals surface area contributed by atoms with Gasteiger partial charge in [-0.05, 0) is 30.7 Å². The molecule has 0 radical (unpaired) electrons. The number of amides is 3. The van der Waals surface area contributed by atoms with E-state index in [1.165, 1.54) is 23.1 Å². The lowest BCUT2D eigenvalue weighted by atomic mass is 10.0. The summed E-state index contributed by atoms with van der Waals surface area (Å²) in [6.07, 6.45) is -0.343. The molecule has 180 valence electrons. The Balaban J connectivity index is 1.95. The Labute approximate surface area is 202 Å². The molecule has 3 atom stereocenters. The van der Waals surface area contributed by atoms with Crippen molar-refractivity contribution >= 4 is 35.3 Å². The second-order valence-electron chi connectivity index (χ2n) is 8.13. The summed E-state index contributed by atoms with van der Waals surface area (Å²) in [6.45, 7) is 1.83. The van der Waals surface area contributed by atoms with Crippen molar-refractivity contribution in [3.05, 3.63) is 64.7 Å². The molecular weight excluding hydrogens is 462 g/mol. The number of nitrogens with one attached hydrogen (secondary N) is 2. The number of carboxylic acids is 1. The number of carbonyl (C=O) groups is 4. The first kappa shape index (κ1) is 25.0. The van der Waals surface area contributed by atoms with Gasteiger partial charge in [-0.1, -0.05) is 41.9 Å². The predicted octanol–water partition coefficient (Wildman–Crippen LogP) is 1.88. The van der Waals surface area contributed by atoms with Crippen molar-refractivity contribution in [3.63, 3.8) is 0 Å². The summed E-state index contributed by atoms with van der Waals surface area (Å²) in [7, 11) is 1.60. The summed E-state index contributed by atoms with van der Waals surface area (Å²) in [5.74, 6) is -2.98. The summed E-state index contributed by atoms with van der Waals surface area (Å²) in [4.78, 5) is 52.1. The fourth-order valence-corrected chi connectivity index (χ4v) is 3.69. The Morgan fingerprint density at radius 1 is 1.15 bits per heavy atom. The lowest BCUT2D eigenvalue weighted by Gasteiger charge is -2.30. The summed E-state index contributed by atoms with van der Waals surface area (Å²) in [5, 5.41) is 14.8. The fraction of sp³-hybridized carbons (Fsp3) is 0.333. The highest BCUT2D eigenvalue weighted by Gasteiger charge is 2.31. The Bertz CT molecular complexity index is 1080. The predicted molar refractivity (Wildman–Crippen MR) is 125 cm³/mol. The van der Waals surface area contributed by atoms with Gasteiger partial charge in [0.15, 0.2) is 0 Å². The van der Waals surface area contributed by atoms with Crippen LogP contribution in [0.15, 0.2) is 48.5 Å². The van der Waals surface area contributed by atoms with Crippen molar-refractivity contribution in [2.75, 3.05) is 13.7 Å². The molecule has 1 aliphatic rings. The molecule has 0 aliphatic carbocycles. The number of likely N-dealkylation sites (N-methyl/N-ethyl adjacent to an activating group) is 1. The van der Waals surface area contributed by atoms with E-state index in [2.05, 4.69) is 10.6 Å². The number of hydrogen-bond donors (Lipinski definition) is 3. The average molecular weight is 488 g/mol. The van der Waals surface area contributed by atoms with E-state index in [9.17, 15) is 24.3 Å². The van der Waals surface area contributed by atoms with Crippen LogP contribution in [-0.4, -0.2) is 65.5 Å². The summed E-state index contributed by atoms with van der Waals surface area (Å²) in [5.41, 5.74) is 0.854. The highest BCUT2D eigenvalue weighted by molar-refractivity contribution is 6.31. The zero-order valence-corrected chi connectivity index (χ0v) is 19.5. The van der Waals surface area contributed by atoms with Gasteiger partial charge in [0, 0.05) is 18.5 Å². The van der Waals surface area contributed by atoms with E-state index in [0.717, 1.165) is 5.56 Å². The van der Waals surface area contributed by atoms with E-state index in [4.69, 9.17) is 16.3 Å². The SMILES string of the molecule is C[C@@H]1COc2ccc(Cl)cc2C(=O)N[C@H](C(=O)O)CC(=O)N[C@@H](Cc2ccccc2)C(=O)N1C. The number of halogens is 1. The number of rotatable bonds is 3. The molecular formula is C24H26ClN3O6. The number of ether oxygens (including phenoxy) is 1. The van der Waals surface area contributed by atoms with Crippen LogP contribution in [0.25, 0.3) is 0 Å². The number of hydrogen-bond acceptors (Lipinski definition) is 5. The van der Waals surface area contributed by atoms with Gasteiger partial charge in [0.1, 0.15) is 24.4 Å². The number of nitrogens with zero attached hydrogens (tertiary/aromatic N) is 1. The molecule has 1 heterocycles. The molecule has 3 amide bonds. The van der Waals surface area contributed by atoms with Crippen molar-refractivity contribution in [3.8, 4) is 5.75 Å². The molecule has 2 aromatic rings. The third kappa shape index (κ3) is 6.26. The van der Waals surface area contributed by atoms with Crippen LogP contribution in [0.5, 0.6) is 5.75 Å². The molecule has 3 rings (SSSR count). The summed E-state index contributed by atoms with van der Waals surface area (Å²) >= 11 is 6.02. The van der Waals surface area contributed by atoms with Crippen LogP contribution in [0.4, 0.5) is 0 Å². The molecule has 0 unspecified atom stereocenters. The molecule has 3 N–H and O–H groups in total. The van der Waals surface area contributed by atoms with Gasteiger partial charge in [-0.2, -0.15) is 0 Å².